The number of methoxy groups -OCH3 is 2. The number of hydrogen-bond donors (Lipinski definition) is 2. The number of fused-ring (bicyclic) bond motifs is 2. The Balaban J connectivity index is 1.52. The first kappa shape index (κ1) is 32.9. The molecule has 4 N–H and O–H groups in total. The minimum atomic E-state index is -6.13. The van der Waals surface area contributed by atoms with Crippen LogP contribution in [0.15, 0.2) is 72.8 Å². The largest absolute Gasteiger partial charge is 0.494 e. The third-order valence-corrected chi connectivity index (χ3v) is 8.38. The number of alkyl halides is 6. The fourth-order valence-electron chi connectivity index (χ4n) is 6.13. The Bertz CT molecular complexity index is 1960. The lowest BCUT2D eigenvalue weighted by Crippen LogP contribution is -2.55. The van der Waals surface area contributed by atoms with Crippen LogP contribution in [0.3, 0.4) is 0 Å². The maximum absolute atomic E-state index is 15.1. The van der Waals surface area contributed by atoms with Crippen molar-refractivity contribution in [2.24, 2.45) is 0 Å². The van der Waals surface area contributed by atoms with Gasteiger partial charge >= 0.3 is 12.4 Å². The molecule has 0 unspecified atom stereocenters. The molecule has 4 aromatic rings. The second-order valence-electron chi connectivity index (χ2n) is 11.0. The Hall–Kier alpha value is -6.06. The van der Waals surface area contributed by atoms with Crippen LogP contribution in [0.2, 0.25) is 0 Å². The van der Waals surface area contributed by atoms with Gasteiger partial charge in [0.2, 0.25) is 5.41 Å². The highest BCUT2D eigenvalue weighted by atomic mass is 19.4. The van der Waals surface area contributed by atoms with E-state index < -0.39 is 74.8 Å². The van der Waals surface area contributed by atoms with E-state index in [9.17, 15) is 19.2 Å². The lowest BCUT2D eigenvalue weighted by atomic mass is 9.71. The summed E-state index contributed by atoms with van der Waals surface area (Å²) in [7, 11) is 2.41. The van der Waals surface area contributed by atoms with E-state index in [0.717, 1.165) is 0 Å². The van der Waals surface area contributed by atoms with E-state index in [0.29, 0.717) is 46.2 Å². The number of anilines is 4. The molecule has 2 aliphatic heterocycles. The second kappa shape index (κ2) is 11.0. The summed E-state index contributed by atoms with van der Waals surface area (Å²) in [5.74, 6) is -4.61. The molecule has 4 aromatic carbocycles. The van der Waals surface area contributed by atoms with E-state index in [1.807, 2.05) is 0 Å². The number of rotatable bonds is 6. The molecule has 16 heteroatoms. The average molecular weight is 685 g/mol. The number of nitrogens with two attached hydrogens (primary N) is 2. The molecule has 252 valence electrons. The van der Waals surface area contributed by atoms with Gasteiger partial charge in [-0.05, 0) is 59.7 Å². The summed E-state index contributed by atoms with van der Waals surface area (Å²) < 4.78 is 101. The monoisotopic (exact) mass is 684 g/mol. The van der Waals surface area contributed by atoms with Gasteiger partial charge in [0.25, 0.3) is 23.6 Å². The van der Waals surface area contributed by atoms with E-state index in [2.05, 4.69) is 0 Å². The van der Waals surface area contributed by atoms with Gasteiger partial charge in [0.15, 0.2) is 0 Å². The molecule has 4 amide bonds. The van der Waals surface area contributed by atoms with Gasteiger partial charge < -0.3 is 20.9 Å². The van der Waals surface area contributed by atoms with Gasteiger partial charge in [-0.3, -0.25) is 19.2 Å². The van der Waals surface area contributed by atoms with Gasteiger partial charge in [-0.15, -0.1) is 0 Å². The van der Waals surface area contributed by atoms with Gasteiger partial charge in [0.1, 0.15) is 11.5 Å². The van der Waals surface area contributed by atoms with Crippen molar-refractivity contribution in [3.63, 3.8) is 0 Å². The number of nitrogens with zero attached hydrogens (tertiary/aromatic N) is 2. The van der Waals surface area contributed by atoms with E-state index in [1.54, 1.807) is 0 Å². The Morgan fingerprint density at radius 1 is 0.510 bits per heavy atom. The SMILES string of the molecule is COc1cc(N)ccc1N1C(=O)c2ccc(C(c3ccc4c(c3)C(=O)N(c3ccc(N)cc3OC)C4=O)(C(F)(F)F)C(F)(F)F)cc2C1=O. The third kappa shape index (κ3) is 4.65. The lowest BCUT2D eigenvalue weighted by molar-refractivity contribution is -0.288. The van der Waals surface area contributed by atoms with Crippen molar-refractivity contribution < 1.29 is 55.0 Å². The highest BCUT2D eigenvalue weighted by Gasteiger charge is 2.73. The predicted octanol–water partition coefficient (Wildman–Crippen LogP) is 5.88. The highest BCUT2D eigenvalue weighted by Crippen LogP contribution is 2.57. The number of halogens is 6. The molecule has 2 heterocycles. The van der Waals surface area contributed by atoms with Crippen molar-refractivity contribution in [1.29, 1.82) is 0 Å². The Morgan fingerprint density at radius 2 is 0.857 bits per heavy atom. The first-order valence-corrected chi connectivity index (χ1v) is 14.0. The number of carbonyl (C=O) groups is 4. The van der Waals surface area contributed by atoms with Crippen molar-refractivity contribution >= 4 is 46.4 Å². The van der Waals surface area contributed by atoms with E-state index in [-0.39, 0.29) is 34.2 Å². The minimum Gasteiger partial charge on any atom is -0.494 e. The van der Waals surface area contributed by atoms with Crippen LogP contribution < -0.4 is 30.7 Å². The molecule has 0 bridgehead atoms. The summed E-state index contributed by atoms with van der Waals surface area (Å²) in [6, 6.07) is 10.6. The van der Waals surface area contributed by atoms with Crippen LogP contribution in [0.1, 0.15) is 52.6 Å². The fraction of sp³-hybridized carbons (Fsp3) is 0.152. The Labute approximate surface area is 272 Å². The molecule has 10 nitrogen and oxygen atoms in total. The molecule has 0 aromatic heterocycles. The molecular weight excluding hydrogens is 662 g/mol. The Kier molecular flexibility index (Phi) is 7.38. The number of nitrogen functional groups attached to an aromatic ring is 2. The van der Waals surface area contributed by atoms with Gasteiger partial charge in [-0.2, -0.15) is 26.3 Å². The van der Waals surface area contributed by atoms with E-state index in [4.69, 9.17) is 20.9 Å². The van der Waals surface area contributed by atoms with Gasteiger partial charge in [0.05, 0.1) is 47.8 Å². The fourth-order valence-corrected chi connectivity index (χ4v) is 6.13. The van der Waals surface area contributed by atoms with Crippen molar-refractivity contribution in [3.05, 3.63) is 106 Å². The number of hydrogen-bond acceptors (Lipinski definition) is 8. The molecule has 2 aliphatic rings. The first-order valence-electron chi connectivity index (χ1n) is 14.0. The van der Waals surface area contributed by atoms with Gasteiger partial charge in [0, 0.05) is 23.5 Å². The standard InChI is InChI=1S/C33H22F6N4O6/c1-48-25-13-17(40)5-9-23(25)42-27(44)19-7-3-15(11-21(19)29(42)46)31(32(34,35)36,33(37,38)39)16-4-8-20-22(12-16)30(47)43(28(20)45)24-10-6-18(41)14-26(24)49-2/h3-14H,40-41H2,1-2H3. The van der Waals surface area contributed by atoms with Gasteiger partial charge in [-0.1, -0.05) is 12.1 Å². The summed E-state index contributed by atoms with van der Waals surface area (Å²) in [6.45, 7) is 0. The van der Waals surface area contributed by atoms with Crippen LogP contribution in [0.25, 0.3) is 0 Å². The van der Waals surface area contributed by atoms with Crippen LogP contribution in [-0.4, -0.2) is 50.2 Å². The average Bonchev–Trinajstić information content (AvgIpc) is 3.43. The van der Waals surface area contributed by atoms with Crippen LogP contribution >= 0.6 is 0 Å². The topological polar surface area (TPSA) is 145 Å². The Morgan fingerprint density at radius 3 is 1.18 bits per heavy atom. The smallest absolute Gasteiger partial charge is 0.411 e. The quantitative estimate of drug-likeness (QED) is 0.146. The van der Waals surface area contributed by atoms with Crippen molar-refractivity contribution in [3.8, 4) is 11.5 Å². The first-order chi connectivity index (χ1) is 23.0. The molecule has 0 atom stereocenters. The number of ether oxygens (including phenoxy) is 2. The zero-order valence-corrected chi connectivity index (χ0v) is 25.2. The van der Waals surface area contributed by atoms with E-state index >= 15 is 26.3 Å². The zero-order chi connectivity index (χ0) is 35.8. The molecule has 0 saturated carbocycles. The number of benzene rings is 4. The maximum atomic E-state index is 15.1. The van der Waals surface area contributed by atoms with Crippen molar-refractivity contribution in [2.45, 2.75) is 17.8 Å². The molecule has 49 heavy (non-hydrogen) atoms. The summed E-state index contributed by atoms with van der Waals surface area (Å²) in [4.78, 5) is 54.7. The van der Waals surface area contributed by atoms with Crippen LogP contribution in [-0.2, 0) is 5.41 Å². The second-order valence-corrected chi connectivity index (χ2v) is 11.0. The highest BCUT2D eigenvalue weighted by molar-refractivity contribution is 6.36. The van der Waals surface area contributed by atoms with Crippen LogP contribution in [0.4, 0.5) is 49.1 Å². The normalized spacial score (nSPS) is 14.8. The molecule has 0 radical (unpaired) electrons. The third-order valence-electron chi connectivity index (χ3n) is 8.38. The molecule has 0 fully saturated rings. The van der Waals surface area contributed by atoms with Crippen molar-refractivity contribution in [2.75, 3.05) is 35.5 Å². The summed E-state index contributed by atoms with van der Waals surface area (Å²) >= 11 is 0. The summed E-state index contributed by atoms with van der Waals surface area (Å²) in [5.41, 5.74) is 1.36. The number of amides is 4. The predicted molar refractivity (Wildman–Crippen MR) is 163 cm³/mol. The number of imide groups is 2. The summed E-state index contributed by atoms with van der Waals surface area (Å²) in [6.07, 6.45) is -12.3. The van der Waals surface area contributed by atoms with Crippen LogP contribution in [0.5, 0.6) is 11.5 Å². The molecular formula is C33H22F6N4O6. The molecule has 0 saturated heterocycles. The minimum absolute atomic E-state index is 0.0577. The number of carbonyl (C=O) groups excluding carboxylic acids is 4. The lowest BCUT2D eigenvalue weighted by Gasteiger charge is -2.38. The van der Waals surface area contributed by atoms with Gasteiger partial charge in [-0.25, -0.2) is 9.80 Å². The van der Waals surface area contributed by atoms with E-state index in [1.165, 1.54) is 50.6 Å². The zero-order valence-electron chi connectivity index (χ0n) is 25.2. The molecule has 0 aliphatic carbocycles. The molecule has 6 rings (SSSR count). The maximum Gasteiger partial charge on any atom is 0.411 e. The molecule has 0 spiro atoms. The van der Waals surface area contributed by atoms with Crippen molar-refractivity contribution in [1.82, 2.24) is 0 Å². The summed E-state index contributed by atoms with van der Waals surface area (Å²) in [5, 5.41) is 0. The van der Waals surface area contributed by atoms with Crippen LogP contribution in [0, 0.1) is 0 Å².